The molecule has 1 aliphatic rings. The molecule has 0 aromatic heterocycles. The van der Waals surface area contributed by atoms with Crippen molar-refractivity contribution in [2.75, 3.05) is 33.0 Å². The first-order chi connectivity index (χ1) is 7.79. The molecule has 0 spiro atoms. The molecule has 1 heterocycles. The maximum atomic E-state index is 5.59. The fourth-order valence-electron chi connectivity index (χ4n) is 1.83. The van der Waals surface area contributed by atoms with E-state index >= 15 is 0 Å². The van der Waals surface area contributed by atoms with E-state index in [1.54, 1.807) is 0 Å². The topological polar surface area (TPSA) is 30.5 Å². The second-order valence-electron chi connectivity index (χ2n) is 5.02. The van der Waals surface area contributed by atoms with E-state index in [0.29, 0.717) is 6.04 Å². The lowest BCUT2D eigenvalue weighted by Crippen LogP contribution is -2.37. The van der Waals surface area contributed by atoms with E-state index in [1.807, 2.05) is 0 Å². The third-order valence-corrected chi connectivity index (χ3v) is 2.94. The molecule has 0 amide bonds. The van der Waals surface area contributed by atoms with Gasteiger partial charge in [-0.3, -0.25) is 0 Å². The molecule has 96 valence electrons. The standard InChI is InChI=1S/C13H27NO2/c1-12(2)6-8-15-9-10-16-11-13-5-3-4-7-14-13/h12-14H,3-11H2,1-2H3. The van der Waals surface area contributed by atoms with Gasteiger partial charge in [-0.05, 0) is 31.7 Å². The summed E-state index contributed by atoms with van der Waals surface area (Å²) in [6, 6.07) is 0.574. The van der Waals surface area contributed by atoms with Crippen LogP contribution in [0, 0.1) is 5.92 Å². The summed E-state index contributed by atoms with van der Waals surface area (Å²) in [4.78, 5) is 0. The first kappa shape index (κ1) is 13.9. The molecule has 1 rings (SSSR count). The third-order valence-electron chi connectivity index (χ3n) is 2.94. The van der Waals surface area contributed by atoms with Gasteiger partial charge in [0, 0.05) is 12.6 Å². The highest BCUT2D eigenvalue weighted by atomic mass is 16.5. The van der Waals surface area contributed by atoms with E-state index in [2.05, 4.69) is 19.2 Å². The van der Waals surface area contributed by atoms with Gasteiger partial charge in [0.1, 0.15) is 0 Å². The molecular weight excluding hydrogens is 202 g/mol. The Balaban J connectivity index is 1.80. The Hall–Kier alpha value is -0.120. The van der Waals surface area contributed by atoms with Crippen molar-refractivity contribution in [2.24, 2.45) is 5.92 Å². The van der Waals surface area contributed by atoms with Crippen LogP contribution in [0.25, 0.3) is 0 Å². The van der Waals surface area contributed by atoms with Crippen LogP contribution < -0.4 is 5.32 Å². The first-order valence-electron chi connectivity index (χ1n) is 6.68. The summed E-state index contributed by atoms with van der Waals surface area (Å²) < 4.78 is 11.1. The van der Waals surface area contributed by atoms with Crippen LogP contribution in [0.15, 0.2) is 0 Å². The normalized spacial score (nSPS) is 21.6. The number of nitrogens with one attached hydrogen (secondary N) is 1. The summed E-state index contributed by atoms with van der Waals surface area (Å²) in [6.07, 6.45) is 5.05. The third kappa shape index (κ3) is 7.20. The van der Waals surface area contributed by atoms with Gasteiger partial charge in [-0.25, -0.2) is 0 Å². The van der Waals surface area contributed by atoms with E-state index in [1.165, 1.54) is 19.3 Å². The molecule has 3 nitrogen and oxygen atoms in total. The molecule has 1 unspecified atom stereocenters. The van der Waals surface area contributed by atoms with E-state index in [0.717, 1.165) is 45.3 Å². The predicted octanol–water partition coefficient (Wildman–Crippen LogP) is 2.21. The molecule has 1 atom stereocenters. The minimum absolute atomic E-state index is 0.574. The molecule has 0 aromatic carbocycles. The zero-order valence-electron chi connectivity index (χ0n) is 10.8. The van der Waals surface area contributed by atoms with Gasteiger partial charge < -0.3 is 14.8 Å². The maximum absolute atomic E-state index is 5.59. The summed E-state index contributed by atoms with van der Waals surface area (Å²) in [6.45, 7) is 8.76. The van der Waals surface area contributed by atoms with Crippen LogP contribution in [0.3, 0.4) is 0 Å². The first-order valence-corrected chi connectivity index (χ1v) is 6.68. The fraction of sp³-hybridized carbons (Fsp3) is 1.00. The Morgan fingerprint density at radius 2 is 1.94 bits per heavy atom. The Morgan fingerprint density at radius 3 is 2.62 bits per heavy atom. The van der Waals surface area contributed by atoms with Crippen molar-refractivity contribution < 1.29 is 9.47 Å². The van der Waals surface area contributed by atoms with Crippen molar-refractivity contribution in [3.05, 3.63) is 0 Å². The van der Waals surface area contributed by atoms with Crippen molar-refractivity contribution in [3.63, 3.8) is 0 Å². The molecular formula is C13H27NO2. The van der Waals surface area contributed by atoms with Gasteiger partial charge in [0.15, 0.2) is 0 Å². The average molecular weight is 229 g/mol. The summed E-state index contributed by atoms with van der Waals surface area (Å²) >= 11 is 0. The molecule has 1 saturated heterocycles. The van der Waals surface area contributed by atoms with Gasteiger partial charge in [-0.2, -0.15) is 0 Å². The number of piperidine rings is 1. The summed E-state index contributed by atoms with van der Waals surface area (Å²) in [5.74, 6) is 0.729. The summed E-state index contributed by atoms with van der Waals surface area (Å²) in [7, 11) is 0. The lowest BCUT2D eigenvalue weighted by atomic mass is 10.1. The number of hydrogen-bond acceptors (Lipinski definition) is 3. The highest BCUT2D eigenvalue weighted by Gasteiger charge is 2.11. The van der Waals surface area contributed by atoms with E-state index in [9.17, 15) is 0 Å². The highest BCUT2D eigenvalue weighted by Crippen LogP contribution is 2.06. The lowest BCUT2D eigenvalue weighted by Gasteiger charge is -2.23. The predicted molar refractivity (Wildman–Crippen MR) is 66.7 cm³/mol. The molecule has 0 radical (unpaired) electrons. The van der Waals surface area contributed by atoms with Gasteiger partial charge in [-0.15, -0.1) is 0 Å². The van der Waals surface area contributed by atoms with Gasteiger partial charge in [0.2, 0.25) is 0 Å². The van der Waals surface area contributed by atoms with Crippen molar-refractivity contribution in [1.82, 2.24) is 5.32 Å². The molecule has 0 aliphatic carbocycles. The van der Waals surface area contributed by atoms with Crippen LogP contribution in [0.5, 0.6) is 0 Å². The van der Waals surface area contributed by atoms with Crippen molar-refractivity contribution in [3.8, 4) is 0 Å². The molecule has 1 N–H and O–H groups in total. The Morgan fingerprint density at radius 1 is 1.12 bits per heavy atom. The largest absolute Gasteiger partial charge is 0.379 e. The maximum Gasteiger partial charge on any atom is 0.0701 e. The second kappa shape index (κ2) is 8.97. The molecule has 1 aliphatic heterocycles. The average Bonchev–Trinajstić information content (AvgIpc) is 2.29. The fourth-order valence-corrected chi connectivity index (χ4v) is 1.83. The molecule has 0 saturated carbocycles. The van der Waals surface area contributed by atoms with Crippen molar-refractivity contribution in [2.45, 2.75) is 45.6 Å². The Labute approximate surface area is 99.9 Å². The molecule has 3 heteroatoms. The van der Waals surface area contributed by atoms with E-state index in [4.69, 9.17) is 9.47 Å². The SMILES string of the molecule is CC(C)CCOCCOCC1CCCCN1. The van der Waals surface area contributed by atoms with Gasteiger partial charge in [0.25, 0.3) is 0 Å². The summed E-state index contributed by atoms with van der Waals surface area (Å²) in [5, 5.41) is 3.47. The highest BCUT2D eigenvalue weighted by molar-refractivity contribution is 4.71. The van der Waals surface area contributed by atoms with Crippen molar-refractivity contribution in [1.29, 1.82) is 0 Å². The zero-order valence-corrected chi connectivity index (χ0v) is 10.8. The van der Waals surface area contributed by atoms with Crippen LogP contribution in [-0.4, -0.2) is 39.0 Å². The minimum Gasteiger partial charge on any atom is -0.379 e. The monoisotopic (exact) mass is 229 g/mol. The van der Waals surface area contributed by atoms with Gasteiger partial charge >= 0.3 is 0 Å². The number of ether oxygens (including phenoxy) is 2. The van der Waals surface area contributed by atoms with E-state index in [-0.39, 0.29) is 0 Å². The Bertz CT molecular complexity index is 156. The second-order valence-corrected chi connectivity index (χ2v) is 5.02. The van der Waals surface area contributed by atoms with Crippen LogP contribution in [0.4, 0.5) is 0 Å². The molecule has 0 bridgehead atoms. The van der Waals surface area contributed by atoms with Gasteiger partial charge in [0.05, 0.1) is 19.8 Å². The van der Waals surface area contributed by atoms with Gasteiger partial charge in [-0.1, -0.05) is 20.3 Å². The summed E-state index contributed by atoms with van der Waals surface area (Å²) in [5.41, 5.74) is 0. The number of rotatable bonds is 8. The number of hydrogen-bond donors (Lipinski definition) is 1. The zero-order chi connectivity index (χ0) is 11.6. The molecule has 0 aromatic rings. The van der Waals surface area contributed by atoms with Crippen molar-refractivity contribution >= 4 is 0 Å². The smallest absolute Gasteiger partial charge is 0.0701 e. The van der Waals surface area contributed by atoms with Crippen LogP contribution in [0.1, 0.15) is 39.5 Å². The quantitative estimate of drug-likeness (QED) is 0.647. The molecule has 16 heavy (non-hydrogen) atoms. The Kier molecular flexibility index (Phi) is 7.81. The van der Waals surface area contributed by atoms with Crippen LogP contribution in [-0.2, 0) is 9.47 Å². The lowest BCUT2D eigenvalue weighted by molar-refractivity contribution is 0.0333. The van der Waals surface area contributed by atoms with Crippen LogP contribution in [0.2, 0.25) is 0 Å². The van der Waals surface area contributed by atoms with E-state index < -0.39 is 0 Å². The molecule has 1 fully saturated rings. The minimum atomic E-state index is 0.574. The van der Waals surface area contributed by atoms with Crippen LogP contribution >= 0.6 is 0 Å².